The van der Waals surface area contributed by atoms with Gasteiger partial charge in [0.25, 0.3) is 0 Å². The first kappa shape index (κ1) is 11.6. The molecule has 1 aromatic heterocycles. The summed E-state index contributed by atoms with van der Waals surface area (Å²) in [5, 5.41) is 0.0712. The summed E-state index contributed by atoms with van der Waals surface area (Å²) in [7, 11) is -1.40. The van der Waals surface area contributed by atoms with Gasteiger partial charge < -0.3 is 0 Å². The molecule has 16 heavy (non-hydrogen) atoms. The lowest BCUT2D eigenvalue weighted by molar-refractivity contribution is 0.615. The van der Waals surface area contributed by atoms with E-state index in [1.165, 1.54) is 6.07 Å². The van der Waals surface area contributed by atoms with E-state index in [4.69, 9.17) is 11.6 Å². The summed E-state index contributed by atoms with van der Waals surface area (Å²) in [5.41, 5.74) is 0.396. The van der Waals surface area contributed by atoms with E-state index in [-0.39, 0.29) is 16.9 Å². The minimum absolute atomic E-state index is 0.0712. The highest BCUT2D eigenvalue weighted by Gasteiger charge is 2.12. The second-order valence-electron chi connectivity index (χ2n) is 2.91. The van der Waals surface area contributed by atoms with Crippen LogP contribution >= 0.6 is 23.1 Å². The van der Waals surface area contributed by atoms with Crippen LogP contribution < -0.4 is 0 Å². The fourth-order valence-electron chi connectivity index (χ4n) is 1.10. The largest absolute Gasteiger partial charge is 0.251 e. The molecule has 2 aromatic rings. The van der Waals surface area contributed by atoms with Crippen molar-refractivity contribution in [1.82, 2.24) is 9.36 Å². The Balaban J connectivity index is 2.17. The molecule has 1 heterocycles. The average molecular weight is 277 g/mol. The van der Waals surface area contributed by atoms with Gasteiger partial charge in [-0.05, 0) is 29.2 Å². The minimum Gasteiger partial charge on any atom is -0.251 e. The summed E-state index contributed by atoms with van der Waals surface area (Å²) in [4.78, 5) is 3.79. The third-order valence-corrected chi connectivity index (χ3v) is 4.44. The first-order chi connectivity index (χ1) is 7.66. The Morgan fingerprint density at radius 1 is 1.44 bits per heavy atom. The molecular formula is C9H6ClFN2OS2. The van der Waals surface area contributed by atoms with Crippen molar-refractivity contribution in [2.45, 2.75) is 10.1 Å². The number of aromatic nitrogens is 2. The molecule has 0 unspecified atom stereocenters. The van der Waals surface area contributed by atoms with Crippen LogP contribution in [-0.2, 0) is 16.6 Å². The van der Waals surface area contributed by atoms with E-state index in [9.17, 15) is 8.60 Å². The van der Waals surface area contributed by atoms with Crippen LogP contribution in [0.2, 0.25) is 5.28 Å². The Kier molecular flexibility index (Phi) is 3.63. The van der Waals surface area contributed by atoms with E-state index in [0.717, 1.165) is 11.5 Å². The summed E-state index contributed by atoms with van der Waals surface area (Å²) in [6.45, 7) is 0. The van der Waals surface area contributed by atoms with Crippen LogP contribution in [0.3, 0.4) is 0 Å². The highest BCUT2D eigenvalue weighted by molar-refractivity contribution is 7.86. The van der Waals surface area contributed by atoms with E-state index in [1.54, 1.807) is 18.2 Å². The van der Waals surface area contributed by atoms with Crippen LogP contribution in [0.15, 0.2) is 28.6 Å². The first-order valence-electron chi connectivity index (χ1n) is 4.28. The number of hydrogen-bond acceptors (Lipinski definition) is 4. The van der Waals surface area contributed by atoms with E-state index in [1.807, 2.05) is 0 Å². The van der Waals surface area contributed by atoms with Crippen LogP contribution in [-0.4, -0.2) is 13.6 Å². The maximum absolute atomic E-state index is 13.3. The molecule has 1 atom stereocenters. The van der Waals surface area contributed by atoms with Crippen molar-refractivity contribution in [2.24, 2.45) is 0 Å². The zero-order chi connectivity index (χ0) is 11.5. The molecule has 0 spiro atoms. The molecule has 0 fully saturated rings. The van der Waals surface area contributed by atoms with Crippen molar-refractivity contribution >= 4 is 33.9 Å². The normalized spacial score (nSPS) is 12.6. The van der Waals surface area contributed by atoms with Gasteiger partial charge in [0.15, 0.2) is 0 Å². The van der Waals surface area contributed by atoms with Crippen molar-refractivity contribution in [2.75, 3.05) is 0 Å². The maximum atomic E-state index is 13.3. The van der Waals surface area contributed by atoms with Crippen LogP contribution in [0, 0.1) is 5.82 Å². The fraction of sp³-hybridized carbons (Fsp3) is 0.111. The van der Waals surface area contributed by atoms with Crippen LogP contribution in [0.1, 0.15) is 5.56 Å². The molecule has 7 heteroatoms. The van der Waals surface area contributed by atoms with Gasteiger partial charge in [-0.2, -0.15) is 9.36 Å². The van der Waals surface area contributed by atoms with Crippen molar-refractivity contribution in [3.8, 4) is 0 Å². The third-order valence-electron chi connectivity index (χ3n) is 1.82. The molecule has 0 amide bonds. The molecule has 0 N–H and O–H groups in total. The molecular weight excluding hydrogens is 271 g/mol. The zero-order valence-electron chi connectivity index (χ0n) is 7.89. The zero-order valence-corrected chi connectivity index (χ0v) is 10.3. The number of hydrogen-bond donors (Lipinski definition) is 0. The molecule has 0 saturated heterocycles. The van der Waals surface area contributed by atoms with Gasteiger partial charge in [0, 0.05) is 5.56 Å². The monoisotopic (exact) mass is 276 g/mol. The van der Waals surface area contributed by atoms with Crippen LogP contribution in [0.4, 0.5) is 4.39 Å². The Bertz CT molecular complexity index is 532. The number of halogens is 2. The predicted octanol–water partition coefficient (Wildman–Crippen LogP) is 2.64. The number of benzene rings is 1. The topological polar surface area (TPSA) is 42.9 Å². The van der Waals surface area contributed by atoms with E-state index < -0.39 is 10.8 Å². The van der Waals surface area contributed by atoms with Gasteiger partial charge >= 0.3 is 0 Å². The lowest BCUT2D eigenvalue weighted by Crippen LogP contribution is -1.98. The van der Waals surface area contributed by atoms with Crippen LogP contribution in [0.25, 0.3) is 0 Å². The lowest BCUT2D eigenvalue weighted by Gasteiger charge is -2.00. The van der Waals surface area contributed by atoms with Crippen molar-refractivity contribution in [3.63, 3.8) is 0 Å². The van der Waals surface area contributed by atoms with Gasteiger partial charge in [0.05, 0.1) is 16.6 Å². The van der Waals surface area contributed by atoms with E-state index >= 15 is 0 Å². The summed E-state index contributed by atoms with van der Waals surface area (Å²) in [6.07, 6.45) is 0. The Morgan fingerprint density at radius 3 is 2.81 bits per heavy atom. The lowest BCUT2D eigenvalue weighted by atomic mass is 10.2. The standard InChI is InChI=1S/C9H6ClFN2OS2/c10-8-12-9(15-13-8)16(14)5-6-3-1-2-4-7(6)11/h1-4H,5H2/t16-/m1/s1. The summed E-state index contributed by atoms with van der Waals surface area (Å²) in [6, 6.07) is 6.21. The van der Waals surface area contributed by atoms with Gasteiger partial charge in [-0.1, -0.05) is 18.2 Å². The average Bonchev–Trinajstić information content (AvgIpc) is 2.68. The van der Waals surface area contributed by atoms with Crippen LogP contribution in [0.5, 0.6) is 0 Å². The van der Waals surface area contributed by atoms with Crippen molar-refractivity contribution < 1.29 is 8.60 Å². The minimum atomic E-state index is -1.40. The Labute approximate surface area is 103 Å². The fourth-order valence-corrected chi connectivity index (χ4v) is 3.16. The molecule has 2 rings (SSSR count). The summed E-state index contributed by atoms with van der Waals surface area (Å²) >= 11 is 6.49. The highest BCUT2D eigenvalue weighted by atomic mass is 35.5. The first-order valence-corrected chi connectivity index (χ1v) is 6.75. The van der Waals surface area contributed by atoms with E-state index in [2.05, 4.69) is 9.36 Å². The molecule has 0 saturated carbocycles. The third kappa shape index (κ3) is 2.63. The second-order valence-corrected chi connectivity index (χ2v) is 5.63. The molecule has 3 nitrogen and oxygen atoms in total. The predicted molar refractivity (Wildman–Crippen MR) is 61.4 cm³/mol. The summed E-state index contributed by atoms with van der Waals surface area (Å²) in [5.74, 6) is -0.287. The molecule has 1 aromatic carbocycles. The highest BCUT2D eigenvalue weighted by Crippen LogP contribution is 2.17. The second kappa shape index (κ2) is 4.99. The molecule has 0 radical (unpaired) electrons. The molecule has 84 valence electrons. The van der Waals surface area contributed by atoms with Gasteiger partial charge in [0.2, 0.25) is 9.62 Å². The van der Waals surface area contributed by atoms with E-state index in [0.29, 0.717) is 9.90 Å². The quantitative estimate of drug-likeness (QED) is 0.865. The van der Waals surface area contributed by atoms with Crippen molar-refractivity contribution in [3.05, 3.63) is 40.9 Å². The summed E-state index contributed by atoms with van der Waals surface area (Å²) < 4.78 is 29.1. The molecule has 0 aliphatic carbocycles. The Morgan fingerprint density at radius 2 is 2.19 bits per heavy atom. The molecule has 0 aliphatic rings. The SMILES string of the molecule is O=[S@](Cc1ccccc1F)c1nc(Cl)ns1. The van der Waals surface area contributed by atoms with Gasteiger partial charge in [-0.3, -0.25) is 4.21 Å². The maximum Gasteiger partial charge on any atom is 0.235 e. The Hall–Kier alpha value is -0.850. The van der Waals surface area contributed by atoms with Crippen molar-refractivity contribution in [1.29, 1.82) is 0 Å². The van der Waals surface area contributed by atoms with Gasteiger partial charge in [-0.25, -0.2) is 4.39 Å². The molecule has 0 aliphatic heterocycles. The molecule has 0 bridgehead atoms. The van der Waals surface area contributed by atoms with Gasteiger partial charge in [0.1, 0.15) is 5.82 Å². The smallest absolute Gasteiger partial charge is 0.235 e. The number of nitrogens with zero attached hydrogens (tertiary/aromatic N) is 2. The van der Waals surface area contributed by atoms with Gasteiger partial charge in [-0.15, -0.1) is 0 Å². The number of rotatable bonds is 3.